The number of rotatable bonds is 8. The molecular weight excluding hydrogens is 400 g/mol. The number of benzene rings is 1. The van der Waals surface area contributed by atoms with E-state index in [1.165, 1.54) is 13.3 Å². The number of esters is 1. The van der Waals surface area contributed by atoms with Crippen molar-refractivity contribution in [2.45, 2.75) is 68.9 Å². The molecule has 0 saturated heterocycles. The fourth-order valence-electron chi connectivity index (χ4n) is 2.93. The third-order valence-electron chi connectivity index (χ3n) is 4.46. The normalized spacial score (nSPS) is 15.5. The molecule has 1 aromatic rings. The number of urea groups is 1. The van der Waals surface area contributed by atoms with E-state index in [9.17, 15) is 14.4 Å². The van der Waals surface area contributed by atoms with Gasteiger partial charge in [-0.2, -0.15) is 0 Å². The van der Waals surface area contributed by atoms with E-state index in [4.69, 9.17) is 16.3 Å². The van der Waals surface area contributed by atoms with E-state index >= 15 is 0 Å². The molecule has 1 aromatic carbocycles. The molecule has 0 aromatic heterocycles. The SMILES string of the molecule is C[C@@H](OC(=O)CCCSc1ccc(Cl)cc1)C(=O)NC(=O)NC1CCCCC1. The number of ether oxygens (including phenoxy) is 1. The Balaban J connectivity index is 1.60. The third-order valence-corrected chi connectivity index (χ3v) is 5.81. The van der Waals surface area contributed by atoms with Gasteiger partial charge in [0.25, 0.3) is 5.91 Å². The van der Waals surface area contributed by atoms with Crippen molar-refractivity contribution in [2.75, 3.05) is 5.75 Å². The first-order valence-corrected chi connectivity index (χ1v) is 11.0. The molecule has 0 spiro atoms. The summed E-state index contributed by atoms with van der Waals surface area (Å²) in [6.07, 6.45) is 5.06. The Morgan fingerprint density at radius 1 is 1.18 bits per heavy atom. The molecule has 1 aliphatic rings. The summed E-state index contributed by atoms with van der Waals surface area (Å²) >= 11 is 7.46. The fraction of sp³-hybridized carbons (Fsp3) is 0.550. The Bertz CT molecular complexity index is 663. The molecule has 2 N–H and O–H groups in total. The van der Waals surface area contributed by atoms with Crippen LogP contribution < -0.4 is 10.6 Å². The maximum atomic E-state index is 12.0. The lowest BCUT2D eigenvalue weighted by molar-refractivity contribution is -0.154. The predicted molar refractivity (Wildman–Crippen MR) is 111 cm³/mol. The molecule has 154 valence electrons. The highest BCUT2D eigenvalue weighted by molar-refractivity contribution is 7.99. The van der Waals surface area contributed by atoms with Crippen molar-refractivity contribution in [2.24, 2.45) is 0 Å². The minimum absolute atomic E-state index is 0.109. The van der Waals surface area contributed by atoms with Gasteiger partial charge in [0.05, 0.1) is 0 Å². The molecule has 1 atom stereocenters. The summed E-state index contributed by atoms with van der Waals surface area (Å²) in [5.41, 5.74) is 0. The van der Waals surface area contributed by atoms with E-state index in [0.717, 1.165) is 36.3 Å². The quantitative estimate of drug-likeness (QED) is 0.367. The second-order valence-electron chi connectivity index (χ2n) is 6.84. The predicted octanol–water partition coefficient (Wildman–Crippen LogP) is 4.30. The Hall–Kier alpha value is -1.73. The van der Waals surface area contributed by atoms with Crippen LogP contribution in [-0.2, 0) is 14.3 Å². The summed E-state index contributed by atoms with van der Waals surface area (Å²) in [6, 6.07) is 7.08. The van der Waals surface area contributed by atoms with Crippen LogP contribution in [0.25, 0.3) is 0 Å². The summed E-state index contributed by atoms with van der Waals surface area (Å²) in [6.45, 7) is 1.46. The molecule has 2 rings (SSSR count). The molecule has 3 amide bonds. The van der Waals surface area contributed by atoms with E-state index in [1.54, 1.807) is 11.8 Å². The number of carbonyl (C=O) groups is 3. The van der Waals surface area contributed by atoms with Crippen molar-refractivity contribution >= 4 is 41.3 Å². The van der Waals surface area contributed by atoms with E-state index in [1.807, 2.05) is 24.3 Å². The second kappa shape index (κ2) is 12.0. The lowest BCUT2D eigenvalue weighted by atomic mass is 9.96. The van der Waals surface area contributed by atoms with E-state index in [2.05, 4.69) is 10.6 Å². The van der Waals surface area contributed by atoms with Crippen LogP contribution in [0.1, 0.15) is 51.9 Å². The van der Waals surface area contributed by atoms with Crippen molar-refractivity contribution in [3.8, 4) is 0 Å². The molecule has 8 heteroatoms. The minimum atomic E-state index is -1.01. The first kappa shape index (κ1) is 22.6. The molecule has 1 fully saturated rings. The van der Waals surface area contributed by atoms with Gasteiger partial charge in [-0.25, -0.2) is 4.79 Å². The number of nitrogens with one attached hydrogen (secondary N) is 2. The van der Waals surface area contributed by atoms with Crippen molar-refractivity contribution in [3.05, 3.63) is 29.3 Å². The van der Waals surface area contributed by atoms with Crippen molar-refractivity contribution in [1.82, 2.24) is 10.6 Å². The Labute approximate surface area is 175 Å². The largest absolute Gasteiger partial charge is 0.453 e. The third kappa shape index (κ3) is 8.52. The van der Waals surface area contributed by atoms with Crippen LogP contribution in [0.3, 0.4) is 0 Å². The van der Waals surface area contributed by atoms with Gasteiger partial charge >= 0.3 is 12.0 Å². The molecule has 0 unspecified atom stereocenters. The zero-order chi connectivity index (χ0) is 20.4. The van der Waals surface area contributed by atoms with Crippen LogP contribution in [-0.4, -0.2) is 35.8 Å². The summed E-state index contributed by atoms with van der Waals surface area (Å²) in [4.78, 5) is 36.9. The molecule has 28 heavy (non-hydrogen) atoms. The molecular formula is C20H27ClN2O4S. The molecule has 1 saturated carbocycles. The van der Waals surface area contributed by atoms with Gasteiger partial charge in [-0.15, -0.1) is 11.8 Å². The Kier molecular flexibility index (Phi) is 9.64. The monoisotopic (exact) mass is 426 g/mol. The standard InChI is InChI=1S/C20H27ClN2O4S/c1-14(19(25)23-20(26)22-16-6-3-2-4-7-16)27-18(24)8-5-13-28-17-11-9-15(21)10-12-17/h9-12,14,16H,2-8,13H2,1H3,(H2,22,23,25,26)/t14-/m1/s1. The Morgan fingerprint density at radius 3 is 2.54 bits per heavy atom. The number of imide groups is 1. The molecule has 1 aliphatic carbocycles. The van der Waals surface area contributed by atoms with Crippen LogP contribution in [0.15, 0.2) is 29.2 Å². The van der Waals surface area contributed by atoms with Gasteiger partial charge < -0.3 is 10.1 Å². The van der Waals surface area contributed by atoms with Crippen LogP contribution in [0.5, 0.6) is 0 Å². The first-order chi connectivity index (χ1) is 13.4. The fourth-order valence-corrected chi connectivity index (χ4v) is 3.91. The number of amides is 3. The van der Waals surface area contributed by atoms with E-state index in [0.29, 0.717) is 11.4 Å². The van der Waals surface area contributed by atoms with Crippen LogP contribution >= 0.6 is 23.4 Å². The van der Waals surface area contributed by atoms with Gasteiger partial charge in [0.1, 0.15) is 0 Å². The molecule has 0 aliphatic heterocycles. The van der Waals surface area contributed by atoms with Gasteiger partial charge in [0.15, 0.2) is 6.10 Å². The van der Waals surface area contributed by atoms with E-state index in [-0.39, 0.29) is 12.5 Å². The van der Waals surface area contributed by atoms with Gasteiger partial charge in [0, 0.05) is 22.4 Å². The lowest BCUT2D eigenvalue weighted by Crippen LogP contribution is -2.48. The highest BCUT2D eigenvalue weighted by Gasteiger charge is 2.22. The van der Waals surface area contributed by atoms with Gasteiger partial charge in [-0.05, 0) is 56.2 Å². The topological polar surface area (TPSA) is 84.5 Å². The summed E-state index contributed by atoms with van der Waals surface area (Å²) in [5.74, 6) is -0.314. The lowest BCUT2D eigenvalue weighted by Gasteiger charge is -2.23. The van der Waals surface area contributed by atoms with Crippen LogP contribution in [0.2, 0.25) is 5.02 Å². The first-order valence-electron chi connectivity index (χ1n) is 9.63. The summed E-state index contributed by atoms with van der Waals surface area (Å²) in [5, 5.41) is 5.73. The van der Waals surface area contributed by atoms with Gasteiger partial charge in [-0.1, -0.05) is 30.9 Å². The smallest absolute Gasteiger partial charge is 0.321 e. The molecule has 6 nitrogen and oxygen atoms in total. The van der Waals surface area contributed by atoms with Crippen molar-refractivity contribution in [3.63, 3.8) is 0 Å². The number of halogens is 1. The average Bonchev–Trinajstić information content (AvgIpc) is 2.67. The Morgan fingerprint density at radius 2 is 1.86 bits per heavy atom. The van der Waals surface area contributed by atoms with Crippen molar-refractivity contribution < 1.29 is 19.1 Å². The highest BCUT2D eigenvalue weighted by Crippen LogP contribution is 2.21. The summed E-state index contributed by atoms with van der Waals surface area (Å²) < 4.78 is 5.11. The van der Waals surface area contributed by atoms with Crippen LogP contribution in [0.4, 0.5) is 4.79 Å². The minimum Gasteiger partial charge on any atom is -0.453 e. The zero-order valence-corrected chi connectivity index (χ0v) is 17.6. The maximum absolute atomic E-state index is 12.0. The van der Waals surface area contributed by atoms with Crippen molar-refractivity contribution in [1.29, 1.82) is 0 Å². The number of carbonyl (C=O) groups excluding carboxylic acids is 3. The zero-order valence-electron chi connectivity index (χ0n) is 16.0. The highest BCUT2D eigenvalue weighted by atomic mass is 35.5. The summed E-state index contributed by atoms with van der Waals surface area (Å²) in [7, 11) is 0. The number of hydrogen-bond acceptors (Lipinski definition) is 5. The number of hydrogen-bond donors (Lipinski definition) is 2. The molecule has 0 heterocycles. The second-order valence-corrected chi connectivity index (χ2v) is 8.44. The number of thioether (sulfide) groups is 1. The van der Waals surface area contributed by atoms with Gasteiger partial charge in [-0.3, -0.25) is 14.9 Å². The molecule has 0 bridgehead atoms. The maximum Gasteiger partial charge on any atom is 0.321 e. The van der Waals surface area contributed by atoms with E-state index < -0.39 is 24.0 Å². The average molecular weight is 427 g/mol. The van der Waals surface area contributed by atoms with Crippen LogP contribution in [0, 0.1) is 0 Å². The van der Waals surface area contributed by atoms with Gasteiger partial charge in [0.2, 0.25) is 0 Å². The molecule has 0 radical (unpaired) electrons.